The van der Waals surface area contributed by atoms with E-state index in [1.807, 2.05) is 0 Å². The van der Waals surface area contributed by atoms with E-state index in [-0.39, 0.29) is 11.7 Å². The maximum absolute atomic E-state index is 10.8. The molecule has 0 N–H and O–H groups in total. The molecule has 0 bridgehead atoms. The molecule has 1 unspecified atom stereocenters. The lowest BCUT2D eigenvalue weighted by Crippen LogP contribution is -2.06. The first-order valence-electron chi connectivity index (χ1n) is 3.85. The molecule has 0 saturated carbocycles. The normalized spacial score (nSPS) is 12.6. The maximum atomic E-state index is 10.8. The largest absolute Gasteiger partial charge is 0.299 e. The van der Waals surface area contributed by atoms with Crippen molar-refractivity contribution in [2.45, 2.75) is 33.1 Å². The first kappa shape index (κ1) is 9.41. The van der Waals surface area contributed by atoms with Crippen molar-refractivity contribution >= 4 is 5.78 Å². The van der Waals surface area contributed by atoms with E-state index in [1.54, 1.807) is 13.0 Å². The molecule has 0 aliphatic carbocycles. The van der Waals surface area contributed by atoms with Crippen LogP contribution < -0.4 is 0 Å². The molecule has 1 nitrogen and oxygen atoms in total. The van der Waals surface area contributed by atoms with E-state index in [0.29, 0.717) is 0 Å². The summed E-state index contributed by atoms with van der Waals surface area (Å²) in [6, 6.07) is 0. The van der Waals surface area contributed by atoms with E-state index in [4.69, 9.17) is 0 Å². The highest BCUT2D eigenvalue weighted by Gasteiger charge is 2.07. The number of ketones is 1. The Labute approximate surface area is 63.1 Å². The summed E-state index contributed by atoms with van der Waals surface area (Å²) in [6.07, 6.45) is 4.99. The predicted octanol–water partition coefficient (Wildman–Crippen LogP) is 2.57. The van der Waals surface area contributed by atoms with Crippen molar-refractivity contribution in [2.75, 3.05) is 0 Å². The van der Waals surface area contributed by atoms with Gasteiger partial charge in [0.2, 0.25) is 0 Å². The summed E-state index contributed by atoms with van der Waals surface area (Å²) in [7, 11) is 0. The van der Waals surface area contributed by atoms with Gasteiger partial charge in [-0.2, -0.15) is 0 Å². The second-order valence-corrected chi connectivity index (χ2v) is 2.60. The van der Waals surface area contributed by atoms with Crippen LogP contribution >= 0.6 is 0 Å². The molecule has 58 valence electrons. The molecule has 0 saturated heterocycles. The molecule has 0 spiro atoms. The molecule has 0 aromatic carbocycles. The predicted molar refractivity (Wildman–Crippen MR) is 43.9 cm³/mol. The quantitative estimate of drug-likeness (QED) is 0.536. The molecule has 0 aromatic heterocycles. The summed E-state index contributed by atoms with van der Waals surface area (Å²) in [4.78, 5) is 10.8. The van der Waals surface area contributed by atoms with Gasteiger partial charge in [-0.3, -0.25) is 4.79 Å². The average Bonchev–Trinajstić information content (AvgIpc) is 1.89. The lowest BCUT2D eigenvalue weighted by molar-refractivity contribution is -0.119. The number of Topliss-reactive ketones (excluding diaryl/α,β-unsaturated/α-hetero) is 1. The standard InChI is InChI=1S/C9H16O/c1-4-6-7-9(5-2)8(3)10/h5,9H,2,4,6-7H2,1,3H3. The van der Waals surface area contributed by atoms with Crippen LogP contribution in [0.4, 0.5) is 0 Å². The van der Waals surface area contributed by atoms with Gasteiger partial charge in [-0.05, 0) is 13.3 Å². The Morgan fingerprint density at radius 1 is 1.70 bits per heavy atom. The number of allylic oxidation sites excluding steroid dienone is 1. The summed E-state index contributed by atoms with van der Waals surface area (Å²) >= 11 is 0. The fraction of sp³-hybridized carbons (Fsp3) is 0.667. The number of hydrogen-bond donors (Lipinski definition) is 0. The number of unbranched alkanes of at least 4 members (excludes halogenated alkanes) is 1. The maximum Gasteiger partial charge on any atom is 0.136 e. The molecule has 0 amide bonds. The van der Waals surface area contributed by atoms with Crippen molar-refractivity contribution in [3.8, 4) is 0 Å². The first-order chi connectivity index (χ1) is 4.72. The zero-order valence-electron chi connectivity index (χ0n) is 6.89. The number of hydrogen-bond acceptors (Lipinski definition) is 1. The summed E-state index contributed by atoms with van der Waals surface area (Å²) in [5.74, 6) is 0.336. The van der Waals surface area contributed by atoms with Gasteiger partial charge in [0, 0.05) is 5.92 Å². The van der Waals surface area contributed by atoms with Gasteiger partial charge in [0.1, 0.15) is 5.78 Å². The molecular weight excluding hydrogens is 124 g/mol. The van der Waals surface area contributed by atoms with Gasteiger partial charge < -0.3 is 0 Å². The molecule has 0 heterocycles. The third-order valence-corrected chi connectivity index (χ3v) is 1.68. The zero-order valence-corrected chi connectivity index (χ0v) is 6.89. The van der Waals surface area contributed by atoms with Gasteiger partial charge in [-0.15, -0.1) is 6.58 Å². The van der Waals surface area contributed by atoms with Crippen molar-refractivity contribution < 1.29 is 4.79 Å². The van der Waals surface area contributed by atoms with E-state index in [9.17, 15) is 4.79 Å². The molecule has 0 aliphatic rings. The van der Waals surface area contributed by atoms with E-state index < -0.39 is 0 Å². The van der Waals surface area contributed by atoms with Crippen molar-refractivity contribution in [3.63, 3.8) is 0 Å². The van der Waals surface area contributed by atoms with Crippen molar-refractivity contribution in [1.29, 1.82) is 0 Å². The Balaban J connectivity index is 3.60. The highest BCUT2D eigenvalue weighted by molar-refractivity contribution is 5.79. The van der Waals surface area contributed by atoms with Gasteiger partial charge in [0.25, 0.3) is 0 Å². The lowest BCUT2D eigenvalue weighted by Gasteiger charge is -2.05. The third kappa shape index (κ3) is 3.44. The smallest absolute Gasteiger partial charge is 0.136 e. The number of carbonyl (C=O) groups is 1. The average molecular weight is 140 g/mol. The molecule has 1 atom stereocenters. The Kier molecular flexibility index (Phi) is 4.91. The fourth-order valence-electron chi connectivity index (χ4n) is 0.911. The molecule has 0 aliphatic heterocycles. The highest BCUT2D eigenvalue weighted by Crippen LogP contribution is 2.09. The number of carbonyl (C=O) groups excluding carboxylic acids is 1. The summed E-state index contributed by atoms with van der Waals surface area (Å²) < 4.78 is 0. The minimum atomic E-state index is 0.0972. The van der Waals surface area contributed by atoms with E-state index >= 15 is 0 Å². The minimum absolute atomic E-state index is 0.0972. The van der Waals surface area contributed by atoms with Gasteiger partial charge in [-0.1, -0.05) is 25.8 Å². The Morgan fingerprint density at radius 3 is 2.60 bits per heavy atom. The Hall–Kier alpha value is -0.590. The Morgan fingerprint density at radius 2 is 2.30 bits per heavy atom. The molecule has 1 heteroatoms. The van der Waals surface area contributed by atoms with Crippen molar-refractivity contribution in [2.24, 2.45) is 5.92 Å². The molecule has 0 fully saturated rings. The second-order valence-electron chi connectivity index (χ2n) is 2.60. The van der Waals surface area contributed by atoms with E-state index in [1.165, 1.54) is 0 Å². The SMILES string of the molecule is C=CC(CCCC)C(C)=O. The highest BCUT2D eigenvalue weighted by atomic mass is 16.1. The molecule has 0 radical (unpaired) electrons. The van der Waals surface area contributed by atoms with Gasteiger partial charge in [0.15, 0.2) is 0 Å². The van der Waals surface area contributed by atoms with Crippen LogP contribution in [0.2, 0.25) is 0 Å². The minimum Gasteiger partial charge on any atom is -0.299 e. The zero-order chi connectivity index (χ0) is 7.98. The fourth-order valence-corrected chi connectivity index (χ4v) is 0.911. The van der Waals surface area contributed by atoms with Crippen LogP contribution in [0.25, 0.3) is 0 Å². The van der Waals surface area contributed by atoms with Gasteiger partial charge in [-0.25, -0.2) is 0 Å². The molecule has 10 heavy (non-hydrogen) atoms. The third-order valence-electron chi connectivity index (χ3n) is 1.68. The lowest BCUT2D eigenvalue weighted by atomic mass is 9.99. The van der Waals surface area contributed by atoms with Crippen LogP contribution in [0.5, 0.6) is 0 Å². The van der Waals surface area contributed by atoms with Crippen LogP contribution in [0.1, 0.15) is 33.1 Å². The molecular formula is C9H16O. The van der Waals surface area contributed by atoms with E-state index in [2.05, 4.69) is 13.5 Å². The van der Waals surface area contributed by atoms with Crippen molar-refractivity contribution in [3.05, 3.63) is 12.7 Å². The van der Waals surface area contributed by atoms with Crippen LogP contribution in [-0.4, -0.2) is 5.78 Å². The topological polar surface area (TPSA) is 17.1 Å². The molecule has 0 aromatic rings. The summed E-state index contributed by atoms with van der Waals surface area (Å²) in [5.41, 5.74) is 0. The van der Waals surface area contributed by atoms with Crippen LogP contribution in [-0.2, 0) is 4.79 Å². The second kappa shape index (κ2) is 5.21. The van der Waals surface area contributed by atoms with Gasteiger partial charge >= 0.3 is 0 Å². The van der Waals surface area contributed by atoms with Crippen LogP contribution in [0.15, 0.2) is 12.7 Å². The van der Waals surface area contributed by atoms with Crippen LogP contribution in [0.3, 0.4) is 0 Å². The van der Waals surface area contributed by atoms with Crippen LogP contribution in [0, 0.1) is 5.92 Å². The number of rotatable bonds is 5. The Bertz CT molecular complexity index is 116. The van der Waals surface area contributed by atoms with Crippen molar-refractivity contribution in [1.82, 2.24) is 0 Å². The monoisotopic (exact) mass is 140 g/mol. The summed E-state index contributed by atoms with van der Waals surface area (Å²) in [5, 5.41) is 0. The van der Waals surface area contributed by atoms with Gasteiger partial charge in [0.05, 0.1) is 0 Å². The first-order valence-corrected chi connectivity index (χ1v) is 3.85. The van der Waals surface area contributed by atoms with E-state index in [0.717, 1.165) is 19.3 Å². The molecule has 0 rings (SSSR count). The summed E-state index contributed by atoms with van der Waals surface area (Å²) in [6.45, 7) is 7.37.